The Morgan fingerprint density at radius 3 is 1.24 bits per heavy atom. The van der Waals surface area contributed by atoms with Crippen LogP contribution in [-0.2, 0) is 19.9 Å². The van der Waals surface area contributed by atoms with E-state index in [4.69, 9.17) is 14.2 Å². The van der Waals surface area contributed by atoms with Crippen LogP contribution >= 0.6 is 0 Å². The Labute approximate surface area is 266 Å². The summed E-state index contributed by atoms with van der Waals surface area (Å²) in [6, 6.07) is 9.26. The molecule has 0 bridgehead atoms. The summed E-state index contributed by atoms with van der Waals surface area (Å²) in [5.41, 5.74) is -0.638. The van der Waals surface area contributed by atoms with Crippen molar-refractivity contribution in [2.45, 2.75) is 129 Å². The number of carbonyl (C=O) groups excluding carboxylic acids is 3. The van der Waals surface area contributed by atoms with Gasteiger partial charge in [-0.3, -0.25) is 0 Å². The Morgan fingerprint density at radius 1 is 0.578 bits per heavy atom. The summed E-state index contributed by atoms with van der Waals surface area (Å²) in [6.45, 7) is 18.2. The van der Waals surface area contributed by atoms with Crippen LogP contribution in [0, 0.1) is 13.8 Å². The van der Waals surface area contributed by atoms with Gasteiger partial charge in [0.15, 0.2) is 0 Å². The van der Waals surface area contributed by atoms with E-state index >= 15 is 0 Å². The van der Waals surface area contributed by atoms with Gasteiger partial charge in [0.1, 0.15) is 18.0 Å². The topological polar surface area (TPSA) is 125 Å². The summed E-state index contributed by atoms with van der Waals surface area (Å²) < 4.78 is 17.3. The third-order valence-electron chi connectivity index (χ3n) is 8.90. The normalized spacial score (nSPS) is 21.6. The van der Waals surface area contributed by atoms with E-state index in [0.29, 0.717) is 48.1 Å². The van der Waals surface area contributed by atoms with E-state index in [-0.39, 0.29) is 11.1 Å². The van der Waals surface area contributed by atoms with Gasteiger partial charge in [0.2, 0.25) is 0 Å². The number of nitrogens with zero attached hydrogens (tertiary/aromatic N) is 2. The highest BCUT2D eigenvalue weighted by Crippen LogP contribution is 2.40. The van der Waals surface area contributed by atoms with E-state index in [1.807, 2.05) is 55.4 Å². The molecule has 45 heavy (non-hydrogen) atoms. The minimum atomic E-state index is -0.667. The molecule has 244 valence electrons. The molecule has 0 amide bonds. The molecular formula is C35H46N2O8. The molecule has 2 radical (unpaired) electrons. The minimum absolute atomic E-state index is 0.241. The fourth-order valence-electron chi connectivity index (χ4n) is 7.07. The number of benzene rings is 2. The van der Waals surface area contributed by atoms with Crippen molar-refractivity contribution in [2.24, 2.45) is 0 Å². The number of carbonyl (C=O) groups is 3. The van der Waals surface area contributed by atoms with Gasteiger partial charge in [0.05, 0.1) is 16.7 Å². The van der Waals surface area contributed by atoms with E-state index < -0.39 is 52.3 Å². The van der Waals surface area contributed by atoms with Crippen LogP contribution in [0.25, 0.3) is 0 Å². The maximum Gasteiger partial charge on any atom is 0.343 e. The van der Waals surface area contributed by atoms with Gasteiger partial charge in [-0.2, -0.15) is 0 Å². The number of piperidine rings is 2. The van der Waals surface area contributed by atoms with Gasteiger partial charge in [-0.15, -0.1) is 20.5 Å². The largest absolute Gasteiger partial charge is 0.459 e. The van der Waals surface area contributed by atoms with Crippen LogP contribution in [0.15, 0.2) is 36.4 Å². The average Bonchev–Trinajstić information content (AvgIpc) is 2.91. The lowest BCUT2D eigenvalue weighted by Gasteiger charge is -2.49. The lowest BCUT2D eigenvalue weighted by atomic mass is 9.80. The number of ether oxygens (including phenoxy) is 3. The third-order valence-corrected chi connectivity index (χ3v) is 8.90. The second-order valence-corrected chi connectivity index (χ2v) is 15.1. The molecule has 2 aromatic rings. The lowest BCUT2D eigenvalue weighted by Crippen LogP contribution is -2.60. The van der Waals surface area contributed by atoms with Crippen LogP contribution in [0.4, 0.5) is 0 Å². The van der Waals surface area contributed by atoms with Gasteiger partial charge < -0.3 is 14.2 Å². The minimum Gasteiger partial charge on any atom is -0.459 e. The highest BCUT2D eigenvalue weighted by Gasteiger charge is 2.48. The zero-order chi connectivity index (χ0) is 33.7. The molecule has 0 aromatic heterocycles. The first-order valence-corrected chi connectivity index (χ1v) is 15.4. The Hall–Kier alpha value is -3.31. The molecule has 2 fully saturated rings. The summed E-state index contributed by atoms with van der Waals surface area (Å²) in [7, 11) is 0. The fourth-order valence-corrected chi connectivity index (χ4v) is 7.07. The van der Waals surface area contributed by atoms with Gasteiger partial charge in [-0.25, -0.2) is 14.4 Å². The maximum absolute atomic E-state index is 13.1. The van der Waals surface area contributed by atoms with Crippen LogP contribution in [0.3, 0.4) is 0 Å². The molecule has 0 spiro atoms. The first-order chi connectivity index (χ1) is 20.6. The summed E-state index contributed by atoms with van der Waals surface area (Å²) in [4.78, 5) is 39.0. The van der Waals surface area contributed by atoms with Crippen molar-refractivity contribution >= 4 is 17.9 Å². The summed E-state index contributed by atoms with van der Waals surface area (Å²) in [5.74, 6) is -1.30. The smallest absolute Gasteiger partial charge is 0.343 e. The monoisotopic (exact) mass is 622 g/mol. The number of hydroxylamine groups is 4. The molecule has 2 aromatic carbocycles. The summed E-state index contributed by atoms with van der Waals surface area (Å²) >= 11 is 0. The van der Waals surface area contributed by atoms with Crippen LogP contribution < -0.4 is 4.74 Å². The number of rotatable bonds is 6. The molecule has 10 heteroatoms. The second kappa shape index (κ2) is 12.1. The van der Waals surface area contributed by atoms with E-state index in [1.54, 1.807) is 26.0 Å². The van der Waals surface area contributed by atoms with Crippen LogP contribution in [0.2, 0.25) is 0 Å². The molecule has 2 aliphatic rings. The quantitative estimate of drug-likeness (QED) is 0.262. The van der Waals surface area contributed by atoms with Gasteiger partial charge in [-0.05, 0) is 117 Å². The standard InChI is InChI=1S/C35H46N2O8/c1-21-15-25(31(40)44-27-19-34(7,8)37(42)35(9,10)20-27)16-22(2)28(21)45-30(39)24-13-11-23(12-14-24)29(38)43-26-17-32(3,4)36(41)33(5,6)18-26/h11-16,26-27H,17-20H2,1-10H3. The molecule has 0 atom stereocenters. The number of esters is 3. The van der Waals surface area contributed by atoms with Crippen LogP contribution in [0.5, 0.6) is 5.75 Å². The molecule has 0 N–H and O–H groups in total. The van der Waals surface area contributed by atoms with Gasteiger partial charge >= 0.3 is 17.9 Å². The van der Waals surface area contributed by atoms with Crippen molar-refractivity contribution in [2.75, 3.05) is 0 Å². The van der Waals surface area contributed by atoms with Crippen molar-refractivity contribution in [3.05, 3.63) is 64.2 Å². The van der Waals surface area contributed by atoms with E-state index in [2.05, 4.69) is 0 Å². The highest BCUT2D eigenvalue weighted by molar-refractivity contribution is 5.95. The van der Waals surface area contributed by atoms with Gasteiger partial charge in [0, 0.05) is 47.8 Å². The molecule has 0 saturated carbocycles. The molecule has 2 aliphatic heterocycles. The van der Waals surface area contributed by atoms with Crippen molar-refractivity contribution in [3.8, 4) is 5.75 Å². The first kappa shape index (κ1) is 34.6. The Bertz CT molecular complexity index is 1400. The molecule has 4 rings (SSSR count). The number of hydrogen-bond donors (Lipinski definition) is 0. The van der Waals surface area contributed by atoms with Crippen molar-refractivity contribution in [3.63, 3.8) is 0 Å². The highest BCUT2D eigenvalue weighted by atomic mass is 16.6. The predicted molar refractivity (Wildman–Crippen MR) is 166 cm³/mol. The SMILES string of the molecule is Cc1cc(C(=O)OC2CC(C)(C)N([O])C(C)(C)C2)cc(C)c1OC(=O)c1ccc(C(=O)OC2CC(C)(C)N([O])C(C)(C)C2)cc1. The van der Waals surface area contributed by atoms with Crippen molar-refractivity contribution in [1.82, 2.24) is 10.1 Å². The third kappa shape index (κ3) is 7.41. The van der Waals surface area contributed by atoms with Crippen LogP contribution in [0.1, 0.15) is 123 Å². The second-order valence-electron chi connectivity index (χ2n) is 15.1. The van der Waals surface area contributed by atoms with Crippen molar-refractivity contribution < 1.29 is 39.0 Å². The van der Waals surface area contributed by atoms with Gasteiger partial charge in [0.25, 0.3) is 0 Å². The number of hydrogen-bond acceptors (Lipinski definition) is 8. The Morgan fingerprint density at radius 2 is 0.889 bits per heavy atom. The van der Waals surface area contributed by atoms with E-state index in [1.165, 1.54) is 24.3 Å². The van der Waals surface area contributed by atoms with Gasteiger partial charge in [-0.1, -0.05) is 0 Å². The zero-order valence-corrected chi connectivity index (χ0v) is 28.1. The van der Waals surface area contributed by atoms with E-state index in [9.17, 15) is 24.8 Å². The first-order valence-electron chi connectivity index (χ1n) is 15.4. The molecular weight excluding hydrogens is 576 g/mol. The fraction of sp³-hybridized carbons (Fsp3) is 0.571. The van der Waals surface area contributed by atoms with E-state index in [0.717, 1.165) is 10.1 Å². The molecule has 2 saturated heterocycles. The zero-order valence-electron chi connectivity index (χ0n) is 28.1. The lowest BCUT2D eigenvalue weighted by molar-refractivity contribution is -0.298. The molecule has 0 aliphatic carbocycles. The maximum atomic E-state index is 13.1. The Balaban J connectivity index is 1.39. The summed E-state index contributed by atoms with van der Waals surface area (Å²) in [6.07, 6.45) is 0.869. The molecule has 0 unspecified atom stereocenters. The Kier molecular flexibility index (Phi) is 9.32. The molecule has 2 heterocycles. The number of aryl methyl sites for hydroxylation is 2. The summed E-state index contributed by atoms with van der Waals surface area (Å²) in [5, 5.41) is 27.4. The molecule has 10 nitrogen and oxygen atoms in total. The average molecular weight is 623 g/mol. The van der Waals surface area contributed by atoms with Crippen molar-refractivity contribution in [1.29, 1.82) is 0 Å². The predicted octanol–water partition coefficient (Wildman–Crippen LogP) is 6.57. The van der Waals surface area contributed by atoms with Crippen LogP contribution in [-0.4, -0.2) is 62.4 Å².